The van der Waals surface area contributed by atoms with Gasteiger partial charge in [-0.3, -0.25) is 4.79 Å². The van der Waals surface area contributed by atoms with Crippen LogP contribution >= 0.6 is 15.9 Å². The van der Waals surface area contributed by atoms with E-state index in [1.165, 1.54) is 25.7 Å². The van der Waals surface area contributed by atoms with Gasteiger partial charge in [-0.2, -0.15) is 0 Å². The number of carbonyl (C=O) groups excluding carboxylic acids is 1. The lowest BCUT2D eigenvalue weighted by Crippen LogP contribution is -2.41. The van der Waals surface area contributed by atoms with Crippen LogP contribution in [0.1, 0.15) is 39.0 Å². The standard InChI is InChI=1S/C11H18BrNO/c1-7(8-5-6-8)11(14)13-10-4-2-3-9(10)12/h7-10H,2-6H2,1H3,(H,13,14). The Labute approximate surface area is 94.0 Å². The van der Waals surface area contributed by atoms with E-state index in [9.17, 15) is 4.79 Å². The number of hydrogen-bond donors (Lipinski definition) is 1. The molecule has 2 nitrogen and oxygen atoms in total. The highest BCUT2D eigenvalue weighted by atomic mass is 79.9. The normalized spacial score (nSPS) is 34.1. The fraction of sp³-hybridized carbons (Fsp3) is 0.909. The summed E-state index contributed by atoms with van der Waals surface area (Å²) in [7, 11) is 0. The summed E-state index contributed by atoms with van der Waals surface area (Å²) in [6, 6.07) is 0.378. The summed E-state index contributed by atoms with van der Waals surface area (Å²) < 4.78 is 0. The van der Waals surface area contributed by atoms with Crippen LogP contribution in [0.2, 0.25) is 0 Å². The van der Waals surface area contributed by atoms with Gasteiger partial charge in [0.25, 0.3) is 0 Å². The van der Waals surface area contributed by atoms with Gasteiger partial charge in [0.1, 0.15) is 0 Å². The molecule has 14 heavy (non-hydrogen) atoms. The second kappa shape index (κ2) is 4.21. The lowest BCUT2D eigenvalue weighted by molar-refractivity contribution is -0.125. The van der Waals surface area contributed by atoms with Crippen molar-refractivity contribution in [1.82, 2.24) is 5.32 Å². The minimum absolute atomic E-state index is 0.232. The van der Waals surface area contributed by atoms with E-state index in [0.717, 1.165) is 6.42 Å². The third kappa shape index (κ3) is 2.30. The Balaban J connectivity index is 1.80. The fourth-order valence-electron chi connectivity index (χ4n) is 2.20. The predicted octanol–water partition coefficient (Wildman–Crippen LogP) is 2.46. The van der Waals surface area contributed by atoms with Crippen molar-refractivity contribution in [3.8, 4) is 0 Å². The number of amides is 1. The second-order valence-corrected chi connectivity index (χ2v) is 5.86. The van der Waals surface area contributed by atoms with Crippen LogP contribution in [0.5, 0.6) is 0 Å². The second-order valence-electron chi connectivity index (χ2n) is 4.69. The van der Waals surface area contributed by atoms with Crippen molar-refractivity contribution in [3.63, 3.8) is 0 Å². The Morgan fingerprint density at radius 2 is 2.07 bits per heavy atom. The Bertz CT molecular complexity index is 227. The third-order valence-electron chi connectivity index (χ3n) is 3.50. The first kappa shape index (κ1) is 10.5. The summed E-state index contributed by atoms with van der Waals surface area (Å²) in [5.74, 6) is 1.17. The van der Waals surface area contributed by atoms with Crippen molar-refractivity contribution in [2.24, 2.45) is 11.8 Å². The zero-order chi connectivity index (χ0) is 10.1. The monoisotopic (exact) mass is 259 g/mol. The Morgan fingerprint density at radius 3 is 2.57 bits per heavy atom. The van der Waals surface area contributed by atoms with Crippen LogP contribution in [0.3, 0.4) is 0 Å². The molecular weight excluding hydrogens is 242 g/mol. The zero-order valence-corrected chi connectivity index (χ0v) is 10.2. The molecule has 1 amide bonds. The fourth-order valence-corrected chi connectivity index (χ4v) is 2.92. The van der Waals surface area contributed by atoms with E-state index in [1.807, 2.05) is 0 Å². The van der Waals surface area contributed by atoms with E-state index < -0.39 is 0 Å². The summed E-state index contributed by atoms with van der Waals surface area (Å²) in [5.41, 5.74) is 0. The van der Waals surface area contributed by atoms with Crippen molar-refractivity contribution in [3.05, 3.63) is 0 Å². The predicted molar refractivity (Wildman–Crippen MR) is 60.4 cm³/mol. The Kier molecular flexibility index (Phi) is 3.15. The van der Waals surface area contributed by atoms with E-state index in [0.29, 0.717) is 16.8 Å². The van der Waals surface area contributed by atoms with Crippen LogP contribution in [0.4, 0.5) is 0 Å². The van der Waals surface area contributed by atoms with Crippen LogP contribution in [0, 0.1) is 11.8 Å². The summed E-state index contributed by atoms with van der Waals surface area (Å²) in [6.07, 6.45) is 6.06. The average Bonchev–Trinajstić information content (AvgIpc) is 2.92. The van der Waals surface area contributed by atoms with Gasteiger partial charge >= 0.3 is 0 Å². The molecule has 80 valence electrons. The highest BCUT2D eigenvalue weighted by Gasteiger charge is 2.34. The summed E-state index contributed by atoms with van der Waals surface area (Å²) >= 11 is 3.62. The van der Waals surface area contributed by atoms with Crippen LogP contribution in [0.15, 0.2) is 0 Å². The van der Waals surface area contributed by atoms with Gasteiger partial charge in [0, 0.05) is 16.8 Å². The lowest BCUT2D eigenvalue weighted by atomic mass is 10.1. The molecule has 0 aromatic heterocycles. The van der Waals surface area contributed by atoms with Crippen molar-refractivity contribution in [2.45, 2.75) is 49.9 Å². The molecule has 3 unspecified atom stereocenters. The molecule has 1 N–H and O–H groups in total. The molecule has 0 heterocycles. The molecule has 2 fully saturated rings. The highest BCUT2D eigenvalue weighted by Crippen LogP contribution is 2.37. The molecule has 0 radical (unpaired) electrons. The number of rotatable bonds is 3. The van der Waals surface area contributed by atoms with Gasteiger partial charge in [0.05, 0.1) is 0 Å². The molecule has 0 saturated heterocycles. The number of nitrogens with one attached hydrogen (secondary N) is 1. The first-order valence-electron chi connectivity index (χ1n) is 5.63. The number of carbonyl (C=O) groups is 1. The largest absolute Gasteiger partial charge is 0.352 e. The van der Waals surface area contributed by atoms with Crippen molar-refractivity contribution >= 4 is 21.8 Å². The van der Waals surface area contributed by atoms with E-state index in [-0.39, 0.29) is 11.8 Å². The van der Waals surface area contributed by atoms with E-state index in [1.54, 1.807) is 0 Å². The minimum Gasteiger partial charge on any atom is -0.352 e. The van der Waals surface area contributed by atoms with Gasteiger partial charge in [-0.05, 0) is 31.6 Å². The van der Waals surface area contributed by atoms with Crippen molar-refractivity contribution in [1.29, 1.82) is 0 Å². The van der Waals surface area contributed by atoms with Gasteiger partial charge < -0.3 is 5.32 Å². The summed E-state index contributed by atoms with van der Waals surface area (Å²) in [4.78, 5) is 12.3. The Morgan fingerprint density at radius 1 is 1.36 bits per heavy atom. The molecule has 2 aliphatic rings. The maximum Gasteiger partial charge on any atom is 0.223 e. The van der Waals surface area contributed by atoms with Gasteiger partial charge in [-0.1, -0.05) is 29.3 Å². The summed E-state index contributed by atoms with van der Waals surface area (Å²) in [6.45, 7) is 2.06. The number of alkyl halides is 1. The van der Waals surface area contributed by atoms with Crippen molar-refractivity contribution in [2.75, 3.05) is 0 Å². The van der Waals surface area contributed by atoms with Crippen LogP contribution in [-0.4, -0.2) is 16.8 Å². The quantitative estimate of drug-likeness (QED) is 0.776. The molecule has 0 spiro atoms. The van der Waals surface area contributed by atoms with E-state index >= 15 is 0 Å². The van der Waals surface area contributed by atoms with Gasteiger partial charge in [-0.15, -0.1) is 0 Å². The molecule has 0 aromatic carbocycles. The topological polar surface area (TPSA) is 29.1 Å². The van der Waals surface area contributed by atoms with Crippen LogP contribution in [-0.2, 0) is 4.79 Å². The van der Waals surface area contributed by atoms with E-state index in [2.05, 4.69) is 28.2 Å². The molecule has 2 rings (SSSR count). The first-order chi connectivity index (χ1) is 6.68. The smallest absolute Gasteiger partial charge is 0.223 e. The molecule has 0 bridgehead atoms. The Hall–Kier alpha value is -0.0500. The van der Waals surface area contributed by atoms with Crippen LogP contribution < -0.4 is 5.32 Å². The molecule has 0 aromatic rings. The zero-order valence-electron chi connectivity index (χ0n) is 8.63. The molecule has 2 aliphatic carbocycles. The maximum atomic E-state index is 11.8. The molecule has 3 atom stereocenters. The first-order valence-corrected chi connectivity index (χ1v) is 6.54. The number of hydrogen-bond acceptors (Lipinski definition) is 1. The van der Waals surface area contributed by atoms with Gasteiger partial charge in [0.15, 0.2) is 0 Å². The molecular formula is C11H18BrNO. The molecule has 0 aliphatic heterocycles. The average molecular weight is 260 g/mol. The lowest BCUT2D eigenvalue weighted by Gasteiger charge is -2.19. The number of halogens is 1. The SMILES string of the molecule is CC(C(=O)NC1CCCC1Br)C1CC1. The van der Waals surface area contributed by atoms with E-state index in [4.69, 9.17) is 0 Å². The maximum absolute atomic E-state index is 11.8. The highest BCUT2D eigenvalue weighted by molar-refractivity contribution is 9.09. The van der Waals surface area contributed by atoms with Crippen LogP contribution in [0.25, 0.3) is 0 Å². The van der Waals surface area contributed by atoms with Gasteiger partial charge in [0.2, 0.25) is 5.91 Å². The van der Waals surface area contributed by atoms with Crippen molar-refractivity contribution < 1.29 is 4.79 Å². The molecule has 3 heteroatoms. The third-order valence-corrected chi connectivity index (χ3v) is 4.60. The van der Waals surface area contributed by atoms with Gasteiger partial charge in [-0.25, -0.2) is 0 Å². The minimum atomic E-state index is 0.232. The summed E-state index contributed by atoms with van der Waals surface area (Å²) in [5, 5.41) is 3.16. The molecule has 2 saturated carbocycles.